The first-order chi connectivity index (χ1) is 11.4. The van der Waals surface area contributed by atoms with Crippen LogP contribution in [0.25, 0.3) is 0 Å². The Kier molecular flexibility index (Phi) is 5.90. The summed E-state index contributed by atoms with van der Waals surface area (Å²) in [6.07, 6.45) is 5.25. The lowest BCUT2D eigenvalue weighted by Crippen LogP contribution is -2.46. The van der Waals surface area contributed by atoms with Crippen LogP contribution in [0.5, 0.6) is 0 Å². The first kappa shape index (κ1) is 20.3. The molecule has 0 aliphatic carbocycles. The Bertz CT molecular complexity index is 497. The standard InChI is InChI=1S/C21H38N2O2/c1-15-8-9-16(2)23(15)19(25)21(6,7)12-10-17-11-13-22(14-17)18(24)20(3,4)5/h15-17H,8-14H2,1-7H3/t15-,16-,17?/m1/s1. The summed E-state index contributed by atoms with van der Waals surface area (Å²) in [4.78, 5) is 29.6. The van der Waals surface area contributed by atoms with Crippen LogP contribution < -0.4 is 0 Å². The smallest absolute Gasteiger partial charge is 0.228 e. The normalized spacial score (nSPS) is 27.9. The molecule has 0 spiro atoms. The Morgan fingerprint density at radius 2 is 1.48 bits per heavy atom. The van der Waals surface area contributed by atoms with Crippen molar-refractivity contribution in [2.75, 3.05) is 13.1 Å². The van der Waals surface area contributed by atoms with Crippen molar-refractivity contribution >= 4 is 11.8 Å². The maximum Gasteiger partial charge on any atom is 0.228 e. The summed E-state index contributed by atoms with van der Waals surface area (Å²) >= 11 is 0. The lowest BCUT2D eigenvalue weighted by Gasteiger charge is -2.35. The van der Waals surface area contributed by atoms with Gasteiger partial charge in [-0.25, -0.2) is 0 Å². The molecule has 1 unspecified atom stereocenters. The first-order valence-corrected chi connectivity index (χ1v) is 10.1. The summed E-state index contributed by atoms with van der Waals surface area (Å²) in [5, 5.41) is 0. The quantitative estimate of drug-likeness (QED) is 0.766. The third-order valence-electron chi connectivity index (χ3n) is 6.16. The average molecular weight is 351 g/mol. The molecule has 4 nitrogen and oxygen atoms in total. The zero-order chi connectivity index (χ0) is 19.0. The predicted molar refractivity (Wildman–Crippen MR) is 102 cm³/mol. The summed E-state index contributed by atoms with van der Waals surface area (Å²) in [6, 6.07) is 0.737. The number of carbonyl (C=O) groups excluding carboxylic acids is 2. The predicted octanol–water partition coefficient (Wildman–Crippen LogP) is 4.09. The number of hydrogen-bond acceptors (Lipinski definition) is 2. The van der Waals surface area contributed by atoms with Gasteiger partial charge in [0.2, 0.25) is 11.8 Å². The van der Waals surface area contributed by atoms with Crippen LogP contribution in [-0.4, -0.2) is 46.8 Å². The molecule has 2 aliphatic heterocycles. The third kappa shape index (κ3) is 4.57. The Morgan fingerprint density at radius 1 is 0.920 bits per heavy atom. The maximum absolute atomic E-state index is 13.1. The van der Waals surface area contributed by atoms with Crippen LogP contribution in [0.3, 0.4) is 0 Å². The van der Waals surface area contributed by atoms with Gasteiger partial charge in [-0.15, -0.1) is 0 Å². The lowest BCUT2D eigenvalue weighted by molar-refractivity contribution is -0.143. The minimum atomic E-state index is -0.311. The molecule has 2 saturated heterocycles. The molecule has 0 saturated carbocycles. The maximum atomic E-state index is 13.1. The molecule has 0 N–H and O–H groups in total. The summed E-state index contributed by atoms with van der Waals surface area (Å²) in [6.45, 7) is 16.2. The second kappa shape index (κ2) is 7.28. The first-order valence-electron chi connectivity index (χ1n) is 10.1. The molecule has 144 valence electrons. The van der Waals surface area contributed by atoms with Crippen LogP contribution in [-0.2, 0) is 9.59 Å². The average Bonchev–Trinajstić information content (AvgIpc) is 3.10. The van der Waals surface area contributed by atoms with Gasteiger partial charge in [-0.05, 0) is 51.9 Å². The van der Waals surface area contributed by atoms with E-state index in [1.807, 2.05) is 25.7 Å². The Labute approximate surface area is 154 Å². The number of rotatable bonds is 4. The molecule has 4 heteroatoms. The molecule has 25 heavy (non-hydrogen) atoms. The molecular formula is C21H38N2O2. The summed E-state index contributed by atoms with van der Waals surface area (Å²) in [5.74, 6) is 1.10. The fourth-order valence-corrected chi connectivity index (χ4v) is 4.34. The molecule has 2 aliphatic rings. The Morgan fingerprint density at radius 3 is 2.00 bits per heavy atom. The van der Waals surface area contributed by atoms with Gasteiger partial charge in [-0.3, -0.25) is 9.59 Å². The van der Waals surface area contributed by atoms with Crippen molar-refractivity contribution in [3.05, 3.63) is 0 Å². The van der Waals surface area contributed by atoms with E-state index in [1.165, 1.54) is 0 Å². The van der Waals surface area contributed by atoms with Gasteiger partial charge in [0.05, 0.1) is 0 Å². The lowest BCUT2D eigenvalue weighted by atomic mass is 9.82. The topological polar surface area (TPSA) is 40.6 Å². The van der Waals surface area contributed by atoms with Crippen LogP contribution in [0.1, 0.15) is 80.6 Å². The Balaban J connectivity index is 1.88. The molecular weight excluding hydrogens is 312 g/mol. The monoisotopic (exact) mass is 350 g/mol. The van der Waals surface area contributed by atoms with Gasteiger partial charge in [-0.1, -0.05) is 34.6 Å². The van der Waals surface area contributed by atoms with Gasteiger partial charge < -0.3 is 9.80 Å². The summed E-state index contributed by atoms with van der Waals surface area (Å²) in [5.41, 5.74) is -0.611. The molecule has 0 bridgehead atoms. The highest BCUT2D eigenvalue weighted by Crippen LogP contribution is 2.35. The summed E-state index contributed by atoms with van der Waals surface area (Å²) in [7, 11) is 0. The van der Waals surface area contributed by atoms with E-state index in [0.717, 1.165) is 45.2 Å². The van der Waals surface area contributed by atoms with Crippen LogP contribution in [0, 0.1) is 16.7 Å². The van der Waals surface area contributed by atoms with E-state index < -0.39 is 0 Å². The summed E-state index contributed by atoms with van der Waals surface area (Å²) < 4.78 is 0. The van der Waals surface area contributed by atoms with E-state index in [4.69, 9.17) is 0 Å². The second-order valence-electron chi connectivity index (χ2n) is 10.1. The Hall–Kier alpha value is -1.06. The van der Waals surface area contributed by atoms with Gasteiger partial charge in [-0.2, -0.15) is 0 Å². The van der Waals surface area contributed by atoms with Crippen molar-refractivity contribution in [3.63, 3.8) is 0 Å². The van der Waals surface area contributed by atoms with E-state index in [9.17, 15) is 9.59 Å². The molecule has 0 radical (unpaired) electrons. The third-order valence-corrected chi connectivity index (χ3v) is 6.16. The largest absolute Gasteiger partial charge is 0.342 e. The minimum Gasteiger partial charge on any atom is -0.342 e. The van der Waals surface area contributed by atoms with Crippen LogP contribution in [0.4, 0.5) is 0 Å². The molecule has 3 atom stereocenters. The molecule has 0 aromatic rings. The number of hydrogen-bond donors (Lipinski definition) is 0. The minimum absolute atomic E-state index is 0.255. The van der Waals surface area contributed by atoms with Crippen LogP contribution in [0.2, 0.25) is 0 Å². The molecule has 2 amide bonds. The van der Waals surface area contributed by atoms with Gasteiger partial charge in [0.1, 0.15) is 0 Å². The number of likely N-dealkylation sites (tertiary alicyclic amines) is 2. The van der Waals surface area contributed by atoms with Crippen molar-refractivity contribution in [1.29, 1.82) is 0 Å². The van der Waals surface area contributed by atoms with Gasteiger partial charge >= 0.3 is 0 Å². The van der Waals surface area contributed by atoms with Crippen LogP contribution in [0.15, 0.2) is 0 Å². The highest BCUT2D eigenvalue weighted by molar-refractivity contribution is 5.83. The van der Waals surface area contributed by atoms with Crippen molar-refractivity contribution in [1.82, 2.24) is 9.80 Å². The molecule has 0 aromatic heterocycles. The van der Waals surface area contributed by atoms with Gasteiger partial charge in [0, 0.05) is 36.0 Å². The fraction of sp³-hybridized carbons (Fsp3) is 0.905. The van der Waals surface area contributed by atoms with Crippen molar-refractivity contribution < 1.29 is 9.59 Å². The highest BCUT2D eigenvalue weighted by atomic mass is 16.2. The SMILES string of the molecule is C[C@@H]1CC[C@@H](C)N1C(=O)C(C)(C)CCC1CCN(C(=O)C(C)(C)C)C1. The zero-order valence-electron chi connectivity index (χ0n) is 17.4. The highest BCUT2D eigenvalue weighted by Gasteiger charge is 2.40. The van der Waals surface area contributed by atoms with Crippen LogP contribution >= 0.6 is 0 Å². The van der Waals surface area contributed by atoms with Crippen molar-refractivity contribution in [3.8, 4) is 0 Å². The molecule has 0 aromatic carbocycles. The van der Waals surface area contributed by atoms with E-state index >= 15 is 0 Å². The number of amides is 2. The van der Waals surface area contributed by atoms with E-state index in [0.29, 0.717) is 23.9 Å². The molecule has 2 heterocycles. The van der Waals surface area contributed by atoms with Gasteiger partial charge in [0.25, 0.3) is 0 Å². The van der Waals surface area contributed by atoms with E-state index in [1.54, 1.807) is 0 Å². The van der Waals surface area contributed by atoms with Crippen molar-refractivity contribution in [2.24, 2.45) is 16.7 Å². The number of nitrogens with zero attached hydrogens (tertiary/aromatic N) is 2. The van der Waals surface area contributed by atoms with E-state index in [2.05, 4.69) is 32.6 Å². The van der Waals surface area contributed by atoms with E-state index in [-0.39, 0.29) is 16.7 Å². The fourth-order valence-electron chi connectivity index (χ4n) is 4.34. The zero-order valence-corrected chi connectivity index (χ0v) is 17.4. The van der Waals surface area contributed by atoms with Gasteiger partial charge in [0.15, 0.2) is 0 Å². The molecule has 2 rings (SSSR count). The van der Waals surface area contributed by atoms with Crippen molar-refractivity contribution in [2.45, 2.75) is 92.7 Å². The number of carbonyl (C=O) groups is 2. The molecule has 2 fully saturated rings. The second-order valence-corrected chi connectivity index (χ2v) is 10.1.